The van der Waals surface area contributed by atoms with Crippen LogP contribution in [-0.2, 0) is 6.54 Å². The Labute approximate surface area is 93.1 Å². The van der Waals surface area contributed by atoms with Gasteiger partial charge in [-0.15, -0.1) is 11.3 Å². The molecule has 2 aliphatic rings. The van der Waals surface area contributed by atoms with Crippen LogP contribution >= 0.6 is 11.3 Å². The zero-order valence-corrected chi connectivity index (χ0v) is 9.35. The lowest BCUT2D eigenvalue weighted by Gasteiger charge is -2.33. The van der Waals surface area contributed by atoms with Crippen molar-refractivity contribution >= 4 is 17.2 Å². The quantitative estimate of drug-likeness (QED) is 0.726. The number of nitrogens with one attached hydrogen (secondary N) is 1. The van der Waals surface area contributed by atoms with Crippen LogP contribution in [0.4, 0.5) is 0 Å². The Kier molecular flexibility index (Phi) is 2.25. The maximum Gasteiger partial charge on any atom is 0.253 e. The molecule has 1 amide bonds. The minimum absolute atomic E-state index is 0.112. The summed E-state index contributed by atoms with van der Waals surface area (Å²) in [7, 11) is 0. The van der Waals surface area contributed by atoms with Gasteiger partial charge in [0.15, 0.2) is 0 Å². The van der Waals surface area contributed by atoms with Crippen molar-refractivity contribution in [3.8, 4) is 0 Å². The second-order valence-corrected chi connectivity index (χ2v) is 5.21. The van der Waals surface area contributed by atoms with Crippen LogP contribution in [0.5, 0.6) is 0 Å². The first-order chi connectivity index (χ1) is 7.34. The van der Waals surface area contributed by atoms with Crippen LogP contribution in [0.25, 0.3) is 0 Å². The summed E-state index contributed by atoms with van der Waals surface area (Å²) in [5.41, 5.74) is 0.884. The summed E-state index contributed by atoms with van der Waals surface area (Å²) in [4.78, 5) is 15.5. The van der Waals surface area contributed by atoms with Crippen molar-refractivity contribution in [2.24, 2.45) is 0 Å². The molecule has 1 aromatic heterocycles. The second kappa shape index (κ2) is 3.61. The number of hydrogen-bond donors (Lipinski definition) is 1. The van der Waals surface area contributed by atoms with Crippen molar-refractivity contribution in [3.05, 3.63) is 21.9 Å². The third kappa shape index (κ3) is 1.58. The van der Waals surface area contributed by atoms with Crippen molar-refractivity contribution in [1.29, 1.82) is 0 Å². The fraction of sp³-hybridized carbons (Fsp3) is 0.545. The number of carbonyl (C=O) groups is 1. The molecule has 0 spiro atoms. The standard InChI is InChI=1S/C11H14N2OS/c14-11-8-4-6-15-9(8)7-13-5-2-1-3-10(13)12-11/h4,6,10H,1-3,5,7H2,(H,12,14). The van der Waals surface area contributed by atoms with E-state index in [0.717, 1.165) is 25.1 Å². The minimum atomic E-state index is 0.112. The average molecular weight is 222 g/mol. The van der Waals surface area contributed by atoms with Crippen molar-refractivity contribution < 1.29 is 4.79 Å². The van der Waals surface area contributed by atoms with Gasteiger partial charge in [0.05, 0.1) is 11.7 Å². The predicted octanol–water partition coefficient (Wildman–Crippen LogP) is 1.80. The van der Waals surface area contributed by atoms with Gasteiger partial charge in [0, 0.05) is 18.0 Å². The van der Waals surface area contributed by atoms with Gasteiger partial charge in [0.1, 0.15) is 0 Å². The first kappa shape index (κ1) is 9.36. The van der Waals surface area contributed by atoms with E-state index in [-0.39, 0.29) is 12.1 Å². The van der Waals surface area contributed by atoms with Gasteiger partial charge < -0.3 is 5.32 Å². The van der Waals surface area contributed by atoms with Crippen LogP contribution in [0.1, 0.15) is 34.5 Å². The normalized spacial score (nSPS) is 26.4. The third-order valence-electron chi connectivity index (χ3n) is 3.25. The van der Waals surface area contributed by atoms with E-state index in [1.165, 1.54) is 17.7 Å². The Hall–Kier alpha value is -0.870. The van der Waals surface area contributed by atoms with E-state index in [1.807, 2.05) is 11.4 Å². The molecule has 1 saturated heterocycles. The number of piperidine rings is 1. The SMILES string of the molecule is O=C1NC2CCCCN2Cc2sccc21. The summed E-state index contributed by atoms with van der Waals surface area (Å²) in [6, 6.07) is 1.94. The van der Waals surface area contributed by atoms with Gasteiger partial charge >= 0.3 is 0 Å². The summed E-state index contributed by atoms with van der Waals surface area (Å²) in [6.07, 6.45) is 3.86. The maximum absolute atomic E-state index is 11.9. The van der Waals surface area contributed by atoms with E-state index in [9.17, 15) is 4.79 Å². The largest absolute Gasteiger partial charge is 0.336 e. The van der Waals surface area contributed by atoms with Gasteiger partial charge in [-0.2, -0.15) is 0 Å². The van der Waals surface area contributed by atoms with E-state index in [1.54, 1.807) is 11.3 Å². The Morgan fingerprint density at radius 2 is 2.40 bits per heavy atom. The van der Waals surface area contributed by atoms with Gasteiger partial charge in [0.2, 0.25) is 0 Å². The Morgan fingerprint density at radius 3 is 3.33 bits per heavy atom. The maximum atomic E-state index is 11.9. The molecular formula is C11H14N2OS. The lowest BCUT2D eigenvalue weighted by atomic mass is 10.1. The lowest BCUT2D eigenvalue weighted by Crippen LogP contribution is -2.48. The fourth-order valence-electron chi connectivity index (χ4n) is 2.42. The van der Waals surface area contributed by atoms with Crippen LogP contribution in [0, 0.1) is 0 Å². The zero-order valence-electron chi connectivity index (χ0n) is 8.53. The number of rotatable bonds is 0. The van der Waals surface area contributed by atoms with Crippen LogP contribution in [0.2, 0.25) is 0 Å². The highest BCUT2D eigenvalue weighted by Gasteiger charge is 2.29. The zero-order chi connectivity index (χ0) is 10.3. The van der Waals surface area contributed by atoms with E-state index < -0.39 is 0 Å². The number of fused-ring (bicyclic) bond motifs is 2. The predicted molar refractivity (Wildman–Crippen MR) is 59.8 cm³/mol. The van der Waals surface area contributed by atoms with E-state index in [2.05, 4.69) is 10.2 Å². The third-order valence-corrected chi connectivity index (χ3v) is 4.15. The molecule has 0 aliphatic carbocycles. The molecule has 15 heavy (non-hydrogen) atoms. The summed E-state index contributed by atoms with van der Waals surface area (Å²) >= 11 is 1.70. The van der Waals surface area contributed by atoms with Crippen LogP contribution in [0.15, 0.2) is 11.4 Å². The molecule has 4 heteroatoms. The number of thiophene rings is 1. The molecular weight excluding hydrogens is 208 g/mol. The molecule has 80 valence electrons. The topological polar surface area (TPSA) is 32.3 Å². The molecule has 3 heterocycles. The Morgan fingerprint density at radius 1 is 1.47 bits per heavy atom. The van der Waals surface area contributed by atoms with Crippen molar-refractivity contribution in [3.63, 3.8) is 0 Å². The van der Waals surface area contributed by atoms with E-state index >= 15 is 0 Å². The first-order valence-corrected chi connectivity index (χ1v) is 6.34. The molecule has 3 rings (SSSR count). The van der Waals surface area contributed by atoms with E-state index in [0.29, 0.717) is 0 Å². The summed E-state index contributed by atoms with van der Waals surface area (Å²) in [5.74, 6) is 0.112. The summed E-state index contributed by atoms with van der Waals surface area (Å²) in [6.45, 7) is 2.05. The molecule has 0 saturated carbocycles. The monoisotopic (exact) mass is 222 g/mol. The van der Waals surface area contributed by atoms with E-state index in [4.69, 9.17) is 0 Å². The molecule has 1 aromatic rings. The first-order valence-electron chi connectivity index (χ1n) is 5.46. The van der Waals surface area contributed by atoms with Gasteiger partial charge in [-0.1, -0.05) is 0 Å². The van der Waals surface area contributed by atoms with Crippen LogP contribution in [-0.4, -0.2) is 23.5 Å². The molecule has 1 fully saturated rings. The Bertz CT molecular complexity index is 388. The van der Waals surface area contributed by atoms with Crippen LogP contribution in [0.3, 0.4) is 0 Å². The number of amides is 1. The number of carbonyl (C=O) groups excluding carboxylic acids is 1. The molecule has 0 aromatic carbocycles. The van der Waals surface area contributed by atoms with Gasteiger partial charge in [0.25, 0.3) is 5.91 Å². The number of nitrogens with zero attached hydrogens (tertiary/aromatic N) is 1. The highest BCUT2D eigenvalue weighted by Crippen LogP contribution is 2.26. The number of hydrogen-bond acceptors (Lipinski definition) is 3. The molecule has 3 nitrogen and oxygen atoms in total. The van der Waals surface area contributed by atoms with Gasteiger partial charge in [-0.25, -0.2) is 0 Å². The van der Waals surface area contributed by atoms with Crippen molar-refractivity contribution in [1.82, 2.24) is 10.2 Å². The average Bonchev–Trinajstić information content (AvgIpc) is 2.64. The smallest absolute Gasteiger partial charge is 0.253 e. The fourth-order valence-corrected chi connectivity index (χ4v) is 3.32. The Balaban J connectivity index is 1.94. The molecule has 1 atom stereocenters. The highest BCUT2D eigenvalue weighted by atomic mass is 32.1. The molecule has 1 unspecified atom stereocenters. The van der Waals surface area contributed by atoms with Crippen molar-refractivity contribution in [2.45, 2.75) is 32.0 Å². The van der Waals surface area contributed by atoms with Gasteiger partial charge in [-0.05, 0) is 30.7 Å². The van der Waals surface area contributed by atoms with Gasteiger partial charge in [-0.3, -0.25) is 9.69 Å². The highest BCUT2D eigenvalue weighted by molar-refractivity contribution is 7.10. The second-order valence-electron chi connectivity index (χ2n) is 4.21. The summed E-state index contributed by atoms with van der Waals surface area (Å²) in [5, 5.41) is 5.13. The van der Waals surface area contributed by atoms with Crippen molar-refractivity contribution in [2.75, 3.05) is 6.54 Å². The molecule has 2 aliphatic heterocycles. The molecule has 0 bridgehead atoms. The molecule has 1 N–H and O–H groups in total. The van der Waals surface area contributed by atoms with Crippen LogP contribution < -0.4 is 5.32 Å². The minimum Gasteiger partial charge on any atom is -0.336 e. The summed E-state index contributed by atoms with van der Waals surface area (Å²) < 4.78 is 0. The lowest BCUT2D eigenvalue weighted by molar-refractivity contribution is 0.0796. The molecule has 0 radical (unpaired) electrons.